The number of nitrogens with one attached hydrogen (secondary N) is 1. The predicted molar refractivity (Wildman–Crippen MR) is 116 cm³/mol. The van der Waals surface area contributed by atoms with Gasteiger partial charge in [0, 0.05) is 25.0 Å². The van der Waals surface area contributed by atoms with E-state index in [1.807, 2.05) is 19.1 Å². The second-order valence-corrected chi connectivity index (χ2v) is 7.74. The van der Waals surface area contributed by atoms with Crippen molar-refractivity contribution in [1.29, 1.82) is 5.26 Å². The van der Waals surface area contributed by atoms with Crippen molar-refractivity contribution in [3.05, 3.63) is 81.3 Å². The van der Waals surface area contributed by atoms with Crippen molar-refractivity contribution in [3.63, 3.8) is 0 Å². The van der Waals surface area contributed by atoms with Crippen LogP contribution in [-0.4, -0.2) is 34.5 Å². The van der Waals surface area contributed by atoms with Crippen molar-refractivity contribution >= 4 is 16.3 Å². The molecule has 0 radical (unpaired) electrons. The maximum Gasteiger partial charge on any atom is 0.256 e. The smallest absolute Gasteiger partial charge is 0.256 e. The van der Waals surface area contributed by atoms with E-state index in [9.17, 15) is 9.18 Å². The molecule has 6 heteroatoms. The zero-order chi connectivity index (χ0) is 21.1. The highest BCUT2D eigenvalue weighted by Gasteiger charge is 2.14. The number of nitrogens with zero attached hydrogens (tertiary/aromatic N) is 3. The highest BCUT2D eigenvalue weighted by molar-refractivity contribution is 5.85. The molecule has 0 amide bonds. The van der Waals surface area contributed by atoms with Gasteiger partial charge in [-0.2, -0.15) is 5.26 Å². The van der Waals surface area contributed by atoms with Gasteiger partial charge in [-0.3, -0.25) is 14.7 Å². The number of benzene rings is 1. The van der Waals surface area contributed by atoms with Crippen LogP contribution >= 0.6 is 0 Å². The van der Waals surface area contributed by atoms with Gasteiger partial charge in [-0.25, -0.2) is 4.39 Å². The fraction of sp³-hybridized carbons (Fsp3) is 0.292. The van der Waals surface area contributed by atoms with Gasteiger partial charge in [-0.1, -0.05) is 6.08 Å². The summed E-state index contributed by atoms with van der Waals surface area (Å²) >= 11 is 0. The number of aromatic nitrogens is 2. The standard InChI is InChI=1S/C24H23FN4O/c1-16-11-19(25)12-22-21(16)13-20(28-24(22)30)3-2-8-29-9-6-18(7-10-29)23-5-4-17(14-26)15-27-23/h4-6,11-13,15H,2-3,7-10H2,1H3,(H,28,30). The summed E-state index contributed by atoms with van der Waals surface area (Å²) in [5.41, 5.74) is 4.17. The van der Waals surface area contributed by atoms with E-state index in [4.69, 9.17) is 5.26 Å². The molecule has 0 bridgehead atoms. The molecular weight excluding hydrogens is 379 g/mol. The minimum Gasteiger partial charge on any atom is -0.326 e. The van der Waals surface area contributed by atoms with Crippen molar-refractivity contribution in [1.82, 2.24) is 14.9 Å². The minimum atomic E-state index is -0.382. The summed E-state index contributed by atoms with van der Waals surface area (Å²) in [4.78, 5) is 22.0. The zero-order valence-electron chi connectivity index (χ0n) is 16.9. The maximum absolute atomic E-state index is 13.6. The molecule has 0 atom stereocenters. The Kier molecular flexibility index (Phi) is 5.73. The van der Waals surface area contributed by atoms with E-state index < -0.39 is 0 Å². The Balaban J connectivity index is 1.36. The van der Waals surface area contributed by atoms with Gasteiger partial charge in [-0.15, -0.1) is 0 Å². The quantitative estimate of drug-likeness (QED) is 0.701. The van der Waals surface area contributed by atoms with Gasteiger partial charge >= 0.3 is 0 Å². The molecule has 0 saturated carbocycles. The molecule has 0 spiro atoms. The number of fused-ring (bicyclic) bond motifs is 1. The lowest BCUT2D eigenvalue weighted by molar-refractivity contribution is 0.297. The molecule has 5 nitrogen and oxygen atoms in total. The van der Waals surface area contributed by atoms with Crippen LogP contribution in [0.5, 0.6) is 0 Å². The average molecular weight is 402 g/mol. The Morgan fingerprint density at radius 1 is 1.27 bits per heavy atom. The topological polar surface area (TPSA) is 72.8 Å². The van der Waals surface area contributed by atoms with E-state index >= 15 is 0 Å². The Bertz CT molecular complexity index is 1200. The molecule has 0 saturated heterocycles. The molecule has 0 unspecified atom stereocenters. The Labute approximate surface area is 174 Å². The van der Waals surface area contributed by atoms with Gasteiger partial charge in [-0.05, 0) is 79.6 Å². The zero-order valence-corrected chi connectivity index (χ0v) is 16.9. The molecule has 0 aliphatic carbocycles. The highest BCUT2D eigenvalue weighted by atomic mass is 19.1. The van der Waals surface area contributed by atoms with Crippen LogP contribution in [0.2, 0.25) is 0 Å². The molecule has 1 aliphatic heterocycles. The van der Waals surface area contributed by atoms with Crippen LogP contribution in [0, 0.1) is 24.1 Å². The summed E-state index contributed by atoms with van der Waals surface area (Å²) in [7, 11) is 0. The van der Waals surface area contributed by atoms with Gasteiger partial charge in [0.25, 0.3) is 5.56 Å². The van der Waals surface area contributed by atoms with E-state index in [1.165, 1.54) is 17.7 Å². The van der Waals surface area contributed by atoms with Crippen LogP contribution in [0.1, 0.15) is 35.4 Å². The highest BCUT2D eigenvalue weighted by Crippen LogP contribution is 2.21. The second kappa shape index (κ2) is 8.60. The summed E-state index contributed by atoms with van der Waals surface area (Å²) in [5, 5.41) is 10.1. The van der Waals surface area contributed by atoms with Gasteiger partial charge in [0.15, 0.2) is 0 Å². The van der Waals surface area contributed by atoms with Crippen molar-refractivity contribution in [2.24, 2.45) is 0 Å². The Morgan fingerprint density at radius 3 is 2.83 bits per heavy atom. The molecule has 1 N–H and O–H groups in total. The summed E-state index contributed by atoms with van der Waals surface area (Å²) in [6.45, 7) is 4.59. The van der Waals surface area contributed by atoms with E-state index in [0.717, 1.165) is 61.2 Å². The molecular formula is C24H23FN4O. The first-order valence-electron chi connectivity index (χ1n) is 10.1. The summed E-state index contributed by atoms with van der Waals surface area (Å²) in [5.74, 6) is -0.382. The van der Waals surface area contributed by atoms with Crippen molar-refractivity contribution in [3.8, 4) is 6.07 Å². The predicted octanol–water partition coefficient (Wildman–Crippen LogP) is 3.96. The van der Waals surface area contributed by atoms with Crippen LogP contribution < -0.4 is 5.56 Å². The summed E-state index contributed by atoms with van der Waals surface area (Å²) < 4.78 is 13.6. The lowest BCUT2D eigenvalue weighted by atomic mass is 10.0. The fourth-order valence-electron chi connectivity index (χ4n) is 3.98. The van der Waals surface area contributed by atoms with Gasteiger partial charge < -0.3 is 4.98 Å². The number of H-pyrrole nitrogens is 1. The van der Waals surface area contributed by atoms with Gasteiger partial charge in [0.2, 0.25) is 0 Å². The number of pyridine rings is 2. The molecule has 1 aliphatic rings. The monoisotopic (exact) mass is 402 g/mol. The Morgan fingerprint density at radius 2 is 2.13 bits per heavy atom. The third-order valence-corrected chi connectivity index (χ3v) is 5.62. The summed E-state index contributed by atoms with van der Waals surface area (Å²) in [6, 6.07) is 10.5. The fourth-order valence-corrected chi connectivity index (χ4v) is 3.98. The van der Waals surface area contributed by atoms with Gasteiger partial charge in [0.05, 0.1) is 16.6 Å². The largest absolute Gasteiger partial charge is 0.326 e. The van der Waals surface area contributed by atoms with E-state index in [-0.39, 0.29) is 11.4 Å². The first-order chi connectivity index (χ1) is 14.5. The van der Waals surface area contributed by atoms with Crippen molar-refractivity contribution in [2.75, 3.05) is 19.6 Å². The molecule has 3 aromatic rings. The van der Waals surface area contributed by atoms with Crippen LogP contribution in [0.3, 0.4) is 0 Å². The number of halogens is 1. The first-order valence-corrected chi connectivity index (χ1v) is 10.1. The molecule has 1 aromatic carbocycles. The first kappa shape index (κ1) is 20.0. The second-order valence-electron chi connectivity index (χ2n) is 7.74. The lowest BCUT2D eigenvalue weighted by Crippen LogP contribution is -2.30. The maximum atomic E-state index is 13.6. The summed E-state index contributed by atoms with van der Waals surface area (Å²) in [6.07, 6.45) is 6.44. The number of nitriles is 1. The van der Waals surface area contributed by atoms with Crippen molar-refractivity contribution < 1.29 is 4.39 Å². The molecule has 2 aromatic heterocycles. The molecule has 4 rings (SSSR count). The van der Waals surface area contributed by atoms with E-state index in [2.05, 4.69) is 27.0 Å². The molecule has 152 valence electrons. The van der Waals surface area contributed by atoms with Crippen LogP contribution in [0.15, 0.2) is 47.4 Å². The SMILES string of the molecule is Cc1cc(F)cc2c(=O)[nH]c(CCCN3CC=C(c4ccc(C#N)cn4)CC3)cc12. The van der Waals surface area contributed by atoms with Gasteiger partial charge in [0.1, 0.15) is 11.9 Å². The third-order valence-electron chi connectivity index (χ3n) is 5.62. The Hall–Kier alpha value is -3.30. The number of rotatable bonds is 5. The normalized spacial score (nSPS) is 14.5. The molecule has 0 fully saturated rings. The average Bonchev–Trinajstić information content (AvgIpc) is 2.75. The van der Waals surface area contributed by atoms with Crippen molar-refractivity contribution in [2.45, 2.75) is 26.2 Å². The number of aromatic amines is 1. The third kappa shape index (κ3) is 4.32. The molecule has 3 heterocycles. The van der Waals surface area contributed by atoms with E-state index in [1.54, 1.807) is 12.3 Å². The minimum absolute atomic E-state index is 0.231. The van der Waals surface area contributed by atoms with Crippen LogP contribution in [0.4, 0.5) is 4.39 Å². The number of hydrogen-bond donors (Lipinski definition) is 1. The molecule has 30 heavy (non-hydrogen) atoms. The van der Waals surface area contributed by atoms with Crippen LogP contribution in [-0.2, 0) is 6.42 Å². The lowest BCUT2D eigenvalue weighted by Gasteiger charge is -2.26. The van der Waals surface area contributed by atoms with Crippen LogP contribution in [0.25, 0.3) is 16.3 Å². The number of aryl methyl sites for hydroxylation is 2. The van der Waals surface area contributed by atoms with E-state index in [0.29, 0.717) is 10.9 Å². The number of hydrogen-bond acceptors (Lipinski definition) is 4.